The number of halogens is 6. The Balaban J connectivity index is 0.000000333. The van der Waals surface area contributed by atoms with Gasteiger partial charge in [-0.15, -0.1) is 11.3 Å². The van der Waals surface area contributed by atoms with Crippen LogP contribution in [-0.4, -0.2) is 95.5 Å². The largest absolute Gasteiger partial charge is 0.490 e. The fraction of sp³-hybridized carbons (Fsp3) is 0.591. The summed E-state index contributed by atoms with van der Waals surface area (Å²) in [6, 6.07) is 2.03. The van der Waals surface area contributed by atoms with Crippen LogP contribution in [-0.2, 0) is 25.7 Å². The zero-order chi connectivity index (χ0) is 30.3. The Bertz CT molecular complexity index is 1120. The maximum absolute atomic E-state index is 10.6. The van der Waals surface area contributed by atoms with Gasteiger partial charge in [0.25, 0.3) is 0 Å². The van der Waals surface area contributed by atoms with E-state index in [0.29, 0.717) is 12.5 Å². The molecule has 2 aromatic heterocycles. The van der Waals surface area contributed by atoms with Gasteiger partial charge in [0.15, 0.2) is 0 Å². The van der Waals surface area contributed by atoms with Crippen LogP contribution >= 0.6 is 11.3 Å². The quantitative estimate of drug-likeness (QED) is 0.470. The molecule has 2 aliphatic heterocycles. The van der Waals surface area contributed by atoms with E-state index in [4.69, 9.17) is 29.3 Å². The summed E-state index contributed by atoms with van der Waals surface area (Å²) in [5.74, 6) is -3.21. The van der Waals surface area contributed by atoms with E-state index in [9.17, 15) is 26.3 Å². The lowest BCUT2D eigenvalue weighted by molar-refractivity contribution is -0.193. The number of aromatic nitrogens is 3. The van der Waals surface area contributed by atoms with Gasteiger partial charge < -0.3 is 29.5 Å². The molecule has 4 heterocycles. The maximum atomic E-state index is 10.6. The number of carboxylic acids is 2. The molecule has 0 radical (unpaired) electrons. The second-order valence-electron chi connectivity index (χ2n) is 8.86. The summed E-state index contributed by atoms with van der Waals surface area (Å²) < 4.78 is 75.6. The number of hydrogen-bond acceptors (Lipinski definition) is 10. The molecule has 0 saturated carbocycles. The van der Waals surface area contributed by atoms with Crippen LogP contribution in [0.4, 0.5) is 38.0 Å². The van der Waals surface area contributed by atoms with Gasteiger partial charge in [-0.1, -0.05) is 0 Å². The Kier molecular flexibility index (Phi) is 11.0. The summed E-state index contributed by atoms with van der Waals surface area (Å²) >= 11 is 1.67. The van der Waals surface area contributed by atoms with Gasteiger partial charge in [-0.05, 0) is 13.3 Å². The Morgan fingerprint density at radius 3 is 2.20 bits per heavy atom. The number of carbonyl (C=O) groups is 2. The minimum Gasteiger partial charge on any atom is -0.475 e. The Labute approximate surface area is 228 Å². The molecule has 0 amide bonds. The third kappa shape index (κ3) is 9.44. The van der Waals surface area contributed by atoms with Crippen molar-refractivity contribution in [3.63, 3.8) is 0 Å². The molecule has 4 rings (SSSR count). The van der Waals surface area contributed by atoms with E-state index in [0.717, 1.165) is 55.1 Å². The first-order valence-electron chi connectivity index (χ1n) is 11.4. The average Bonchev–Trinajstić information content (AvgIpc) is 3.44. The van der Waals surface area contributed by atoms with Crippen LogP contribution in [0.25, 0.3) is 0 Å². The number of alkyl halides is 6. The van der Waals surface area contributed by atoms with Crippen LogP contribution in [0.1, 0.15) is 17.1 Å². The first-order chi connectivity index (χ1) is 18.4. The van der Waals surface area contributed by atoms with E-state index in [1.54, 1.807) is 17.7 Å². The molecule has 1 unspecified atom stereocenters. The number of carboxylic acid groups (broad SMARTS) is 2. The molecule has 1 spiro atoms. The minimum atomic E-state index is -5.08. The summed E-state index contributed by atoms with van der Waals surface area (Å²) in [4.78, 5) is 35.2. The van der Waals surface area contributed by atoms with Crippen LogP contribution in [0.15, 0.2) is 17.8 Å². The van der Waals surface area contributed by atoms with E-state index < -0.39 is 24.3 Å². The van der Waals surface area contributed by atoms with Gasteiger partial charge in [0.2, 0.25) is 0 Å². The summed E-state index contributed by atoms with van der Waals surface area (Å²) in [5, 5.41) is 17.4. The molecule has 2 N–H and O–H groups in total. The van der Waals surface area contributed by atoms with Crippen molar-refractivity contribution in [2.45, 2.75) is 37.9 Å². The lowest BCUT2D eigenvalue weighted by Gasteiger charge is -2.50. The second kappa shape index (κ2) is 13.4. The molecule has 0 aliphatic carbocycles. The standard InChI is InChI=1S/C18H25N5O2S.2C2HF3O2/c1-13-21-15(9-26-13)8-24-7-14-4-5-25-18(14)10-23(11-18)17-6-16(22(2)3)19-12-20-17;2*3-2(4,5)1(6)7/h6,9,12,14H,4-5,7-8,10-11H2,1-3H3;2*(H,6,7). The van der Waals surface area contributed by atoms with Crippen molar-refractivity contribution in [3.8, 4) is 0 Å². The van der Waals surface area contributed by atoms with Gasteiger partial charge in [0, 0.05) is 38.1 Å². The Hall–Kier alpha value is -3.25. The number of aryl methyl sites for hydroxylation is 1. The zero-order valence-corrected chi connectivity index (χ0v) is 22.3. The molecule has 40 heavy (non-hydrogen) atoms. The maximum Gasteiger partial charge on any atom is 0.490 e. The number of nitrogens with zero attached hydrogens (tertiary/aromatic N) is 5. The van der Waals surface area contributed by atoms with E-state index in [2.05, 4.69) is 25.2 Å². The first-order valence-corrected chi connectivity index (χ1v) is 12.3. The third-order valence-corrected chi connectivity index (χ3v) is 6.48. The van der Waals surface area contributed by atoms with Gasteiger partial charge in [-0.25, -0.2) is 24.5 Å². The van der Waals surface area contributed by atoms with Crippen LogP contribution in [0.3, 0.4) is 0 Å². The van der Waals surface area contributed by atoms with Gasteiger partial charge in [-0.3, -0.25) is 0 Å². The van der Waals surface area contributed by atoms with Gasteiger partial charge in [-0.2, -0.15) is 26.3 Å². The highest BCUT2D eigenvalue weighted by atomic mass is 32.1. The van der Waals surface area contributed by atoms with Crippen molar-refractivity contribution < 1.29 is 55.6 Å². The summed E-state index contributed by atoms with van der Waals surface area (Å²) in [7, 11) is 3.97. The molecule has 224 valence electrons. The molecule has 1 atom stereocenters. The second-order valence-corrected chi connectivity index (χ2v) is 9.92. The van der Waals surface area contributed by atoms with Crippen molar-refractivity contribution in [1.29, 1.82) is 0 Å². The van der Waals surface area contributed by atoms with Gasteiger partial charge >= 0.3 is 24.3 Å². The van der Waals surface area contributed by atoms with Crippen molar-refractivity contribution in [1.82, 2.24) is 15.0 Å². The minimum absolute atomic E-state index is 0.0960. The number of ether oxygens (including phenoxy) is 2. The van der Waals surface area contributed by atoms with Crippen LogP contribution in [0.5, 0.6) is 0 Å². The van der Waals surface area contributed by atoms with Crippen LogP contribution < -0.4 is 9.80 Å². The summed E-state index contributed by atoms with van der Waals surface area (Å²) in [6.07, 6.45) is -7.49. The van der Waals surface area contributed by atoms with Crippen molar-refractivity contribution in [2.24, 2.45) is 5.92 Å². The molecule has 11 nitrogen and oxygen atoms in total. The number of anilines is 2. The van der Waals surface area contributed by atoms with E-state index in [1.807, 2.05) is 32.0 Å². The smallest absolute Gasteiger partial charge is 0.475 e. The topological polar surface area (TPSA) is 138 Å². The predicted octanol–water partition coefficient (Wildman–Crippen LogP) is 3.39. The fourth-order valence-electron chi connectivity index (χ4n) is 3.67. The molecule has 2 aliphatic rings. The zero-order valence-electron chi connectivity index (χ0n) is 21.5. The normalized spacial score (nSPS) is 17.7. The highest BCUT2D eigenvalue weighted by Gasteiger charge is 2.53. The molecular formula is C22H27F6N5O6S. The molecule has 2 saturated heterocycles. The number of rotatable bonds is 6. The lowest BCUT2D eigenvalue weighted by Crippen LogP contribution is -2.65. The molecular weight excluding hydrogens is 576 g/mol. The third-order valence-electron chi connectivity index (χ3n) is 5.66. The number of hydrogen-bond donors (Lipinski definition) is 2. The molecule has 18 heteroatoms. The summed E-state index contributed by atoms with van der Waals surface area (Å²) in [5.41, 5.74) is 0.925. The van der Waals surface area contributed by atoms with Crippen molar-refractivity contribution in [3.05, 3.63) is 28.5 Å². The molecule has 2 fully saturated rings. The SMILES string of the molecule is Cc1nc(COCC2CCOC23CN(c2cc(N(C)C)ncn2)C3)cs1.O=C(O)C(F)(F)F.O=C(O)C(F)(F)F. The van der Waals surface area contributed by atoms with Crippen molar-refractivity contribution in [2.75, 3.05) is 50.2 Å². The highest BCUT2D eigenvalue weighted by Crippen LogP contribution is 2.42. The van der Waals surface area contributed by atoms with E-state index in [-0.39, 0.29) is 5.60 Å². The average molecular weight is 604 g/mol. The summed E-state index contributed by atoms with van der Waals surface area (Å²) in [6.45, 7) is 5.85. The molecule has 2 aromatic rings. The monoisotopic (exact) mass is 603 g/mol. The van der Waals surface area contributed by atoms with E-state index >= 15 is 0 Å². The lowest BCUT2D eigenvalue weighted by atomic mass is 9.81. The molecule has 0 aromatic carbocycles. The van der Waals surface area contributed by atoms with E-state index in [1.165, 1.54) is 0 Å². The van der Waals surface area contributed by atoms with Gasteiger partial charge in [0.1, 0.15) is 23.6 Å². The predicted molar refractivity (Wildman–Crippen MR) is 129 cm³/mol. The first kappa shape index (κ1) is 33.0. The number of thiazole rings is 1. The molecule has 0 bridgehead atoms. The van der Waals surface area contributed by atoms with Gasteiger partial charge in [0.05, 0.1) is 37.0 Å². The van der Waals surface area contributed by atoms with Crippen molar-refractivity contribution >= 4 is 34.9 Å². The number of aliphatic carboxylic acids is 2. The fourth-order valence-corrected chi connectivity index (χ4v) is 4.26. The Morgan fingerprint density at radius 2 is 1.73 bits per heavy atom. The Morgan fingerprint density at radius 1 is 1.15 bits per heavy atom. The van der Waals surface area contributed by atoms with Crippen LogP contribution in [0.2, 0.25) is 0 Å². The highest BCUT2D eigenvalue weighted by molar-refractivity contribution is 7.09. The van der Waals surface area contributed by atoms with Crippen LogP contribution in [0, 0.1) is 12.8 Å².